The van der Waals surface area contributed by atoms with Gasteiger partial charge in [0.05, 0.1) is 18.6 Å². The number of Topliss-reactive ketones (excluding diaryl/α,β-unsaturated/α-hetero) is 1. The van der Waals surface area contributed by atoms with Gasteiger partial charge in [0.25, 0.3) is 5.91 Å². The Morgan fingerprint density at radius 1 is 0.957 bits per heavy atom. The lowest BCUT2D eigenvalue weighted by molar-refractivity contribution is -0.164. The molecule has 246 valence electrons. The van der Waals surface area contributed by atoms with Crippen molar-refractivity contribution in [1.82, 2.24) is 5.32 Å². The molecule has 0 aliphatic heterocycles. The van der Waals surface area contributed by atoms with Crippen molar-refractivity contribution in [2.45, 2.75) is 66.8 Å². The molecule has 7 rings (SSSR count). The third-order valence-corrected chi connectivity index (χ3v) is 11.0. The molecule has 3 aromatic carbocycles. The van der Waals surface area contributed by atoms with Crippen LogP contribution in [-0.4, -0.2) is 43.9 Å². The van der Waals surface area contributed by atoms with Crippen molar-refractivity contribution in [1.29, 1.82) is 0 Å². The highest BCUT2D eigenvalue weighted by atomic mass is 16.5. The molecular formula is C40H46N2O5. The van der Waals surface area contributed by atoms with Crippen LogP contribution in [-0.2, 0) is 9.53 Å². The molecule has 0 unspecified atom stereocenters. The Labute approximate surface area is 277 Å². The van der Waals surface area contributed by atoms with Crippen molar-refractivity contribution in [3.05, 3.63) is 77.4 Å². The van der Waals surface area contributed by atoms with Gasteiger partial charge in [-0.15, -0.1) is 0 Å². The van der Waals surface area contributed by atoms with Crippen LogP contribution in [0, 0.1) is 30.1 Å². The van der Waals surface area contributed by atoms with Crippen molar-refractivity contribution in [2.75, 3.05) is 25.1 Å². The van der Waals surface area contributed by atoms with Gasteiger partial charge in [-0.05, 0) is 74.6 Å². The summed E-state index contributed by atoms with van der Waals surface area (Å²) in [4.78, 5) is 42.4. The smallest absolute Gasteiger partial charge is 0.310 e. The van der Waals surface area contributed by atoms with Crippen LogP contribution in [0.3, 0.4) is 0 Å². The Kier molecular flexibility index (Phi) is 8.77. The minimum Gasteiger partial charge on any atom is -0.469 e. The van der Waals surface area contributed by atoms with Crippen LogP contribution in [0.15, 0.2) is 65.1 Å². The molecule has 2 bridgehead atoms. The molecule has 7 heteroatoms. The number of fused-ring (bicyclic) bond motifs is 3. The summed E-state index contributed by atoms with van der Waals surface area (Å²) in [7, 11) is 1.42. The first-order valence-electron chi connectivity index (χ1n) is 17.0. The number of benzene rings is 3. The van der Waals surface area contributed by atoms with Crippen molar-refractivity contribution in [3.8, 4) is 22.5 Å². The van der Waals surface area contributed by atoms with Gasteiger partial charge in [0.15, 0.2) is 5.78 Å². The zero-order valence-electron chi connectivity index (χ0n) is 28.6. The zero-order chi connectivity index (χ0) is 33.6. The number of amides is 1. The number of carbonyl (C=O) groups excluding carboxylic acids is 3. The third-order valence-electron chi connectivity index (χ3n) is 11.0. The third kappa shape index (κ3) is 5.64. The fourth-order valence-electron chi connectivity index (χ4n) is 8.01. The highest BCUT2D eigenvalue weighted by Crippen LogP contribution is 2.60. The van der Waals surface area contributed by atoms with E-state index < -0.39 is 0 Å². The fraction of sp³-hybridized carbons (Fsp3) is 0.425. The number of esters is 1. The van der Waals surface area contributed by atoms with Crippen LogP contribution in [0.1, 0.15) is 80.2 Å². The number of aryl methyl sites for hydroxylation is 1. The second-order valence-corrected chi connectivity index (χ2v) is 13.8. The molecular weight excluding hydrogens is 588 g/mol. The maximum atomic E-state index is 13.9. The Hall–Kier alpha value is -4.39. The fourth-order valence-corrected chi connectivity index (χ4v) is 8.01. The van der Waals surface area contributed by atoms with E-state index in [1.807, 2.05) is 68.4 Å². The van der Waals surface area contributed by atoms with Gasteiger partial charge in [0.2, 0.25) is 0 Å². The Morgan fingerprint density at radius 3 is 2.32 bits per heavy atom. The van der Waals surface area contributed by atoms with Crippen molar-refractivity contribution in [3.63, 3.8) is 0 Å². The molecule has 3 aliphatic rings. The van der Waals surface area contributed by atoms with Gasteiger partial charge < -0.3 is 19.4 Å². The quantitative estimate of drug-likeness (QED) is 0.139. The Bertz CT molecular complexity index is 1830. The van der Waals surface area contributed by atoms with Gasteiger partial charge in [-0.3, -0.25) is 14.4 Å². The molecule has 3 aliphatic carbocycles. The topological polar surface area (TPSA) is 88.9 Å². The molecule has 1 heterocycles. The monoisotopic (exact) mass is 634 g/mol. The van der Waals surface area contributed by atoms with Crippen LogP contribution in [0.2, 0.25) is 0 Å². The summed E-state index contributed by atoms with van der Waals surface area (Å²) in [6.45, 7) is 14.2. The first-order chi connectivity index (χ1) is 22.5. The number of ketones is 1. The second kappa shape index (κ2) is 12.7. The summed E-state index contributed by atoms with van der Waals surface area (Å²) in [5.74, 6) is 0.462. The van der Waals surface area contributed by atoms with E-state index in [1.54, 1.807) is 0 Å². The molecule has 1 aromatic heterocycles. The number of anilines is 1. The number of ether oxygens (including phenoxy) is 1. The summed E-state index contributed by atoms with van der Waals surface area (Å²) in [5.41, 5.74) is 6.58. The average molecular weight is 635 g/mol. The van der Waals surface area contributed by atoms with Crippen molar-refractivity contribution >= 4 is 34.3 Å². The Morgan fingerprint density at radius 2 is 1.68 bits per heavy atom. The summed E-state index contributed by atoms with van der Waals surface area (Å²) in [5, 5.41) is 4.02. The normalized spacial score (nSPS) is 21.2. The van der Waals surface area contributed by atoms with Crippen LogP contribution >= 0.6 is 0 Å². The number of nitrogens with zero attached hydrogens (tertiary/aromatic N) is 1. The molecule has 3 fully saturated rings. The van der Waals surface area contributed by atoms with E-state index in [4.69, 9.17) is 9.15 Å². The molecule has 7 nitrogen and oxygen atoms in total. The first-order valence-corrected chi connectivity index (χ1v) is 17.0. The van der Waals surface area contributed by atoms with Crippen LogP contribution in [0.25, 0.3) is 33.4 Å². The van der Waals surface area contributed by atoms with Crippen LogP contribution in [0.4, 0.5) is 5.69 Å². The maximum Gasteiger partial charge on any atom is 0.310 e. The number of rotatable bonds is 10. The van der Waals surface area contributed by atoms with Crippen LogP contribution < -0.4 is 10.2 Å². The highest BCUT2D eigenvalue weighted by molar-refractivity contribution is 6.13. The number of furan rings is 1. The minimum atomic E-state index is -0.348. The lowest BCUT2D eigenvalue weighted by Gasteiger charge is -2.61. The number of hydrogen-bond acceptors (Lipinski definition) is 6. The number of carbonyl (C=O) groups is 3. The predicted molar refractivity (Wildman–Crippen MR) is 187 cm³/mol. The van der Waals surface area contributed by atoms with Gasteiger partial charge >= 0.3 is 5.97 Å². The van der Waals surface area contributed by atoms with E-state index in [0.29, 0.717) is 34.8 Å². The SMILES string of the molecule is CCC(=O)c1c(-c2ccc(C)cc2)oc2cc(N(CC)CC)c(-c3cccc(C(=O)N[C@H]4[C@H]5C[C@@H](C[C@H]4C(=O)OC)C5(C)C)c3)cc12. The lowest BCUT2D eigenvalue weighted by atomic mass is 9.45. The highest BCUT2D eigenvalue weighted by Gasteiger charge is 2.60. The largest absolute Gasteiger partial charge is 0.469 e. The molecule has 4 atom stereocenters. The van der Waals surface area contributed by atoms with E-state index >= 15 is 0 Å². The van der Waals surface area contributed by atoms with E-state index in [0.717, 1.165) is 59.3 Å². The second-order valence-electron chi connectivity index (χ2n) is 13.8. The summed E-state index contributed by atoms with van der Waals surface area (Å²) in [6.07, 6.45) is 2.08. The van der Waals surface area contributed by atoms with Gasteiger partial charge in [0, 0.05) is 59.4 Å². The van der Waals surface area contributed by atoms with E-state index in [1.165, 1.54) is 7.11 Å². The van der Waals surface area contributed by atoms with Crippen molar-refractivity contribution in [2.24, 2.45) is 23.2 Å². The summed E-state index contributed by atoms with van der Waals surface area (Å²) in [6, 6.07) is 19.5. The zero-order valence-corrected chi connectivity index (χ0v) is 28.6. The van der Waals surface area contributed by atoms with E-state index in [2.05, 4.69) is 44.0 Å². The minimum absolute atomic E-state index is 0.0165. The van der Waals surface area contributed by atoms with Gasteiger partial charge in [-0.25, -0.2) is 0 Å². The summed E-state index contributed by atoms with van der Waals surface area (Å²) < 4.78 is 11.6. The van der Waals surface area contributed by atoms with Gasteiger partial charge in [0.1, 0.15) is 11.3 Å². The number of hydrogen-bond donors (Lipinski definition) is 1. The Balaban J connectivity index is 1.43. The molecule has 4 aromatic rings. The molecule has 0 saturated heterocycles. The number of methoxy groups -OCH3 is 1. The van der Waals surface area contributed by atoms with Crippen molar-refractivity contribution < 1.29 is 23.5 Å². The molecule has 1 N–H and O–H groups in total. The van der Waals surface area contributed by atoms with Gasteiger partial charge in [-0.2, -0.15) is 0 Å². The number of nitrogens with one attached hydrogen (secondary N) is 1. The van der Waals surface area contributed by atoms with Gasteiger partial charge in [-0.1, -0.05) is 62.7 Å². The molecule has 0 radical (unpaired) electrons. The summed E-state index contributed by atoms with van der Waals surface area (Å²) >= 11 is 0. The predicted octanol–water partition coefficient (Wildman–Crippen LogP) is 8.47. The average Bonchev–Trinajstić information content (AvgIpc) is 3.46. The van der Waals surface area contributed by atoms with E-state index in [9.17, 15) is 14.4 Å². The standard InChI is InChI=1S/C40H46N2O5/c1-8-33(43)35-29-21-28(32(42(9-2)10-3)22-34(29)47-37(35)24-16-14-23(4)15-17-24)25-12-11-13-26(18-25)38(44)41-36-30(39(45)46-7)19-27-20-31(36)40(27,5)6/h11-18,21-22,27,30-31,36H,8-10,19-20H2,1-7H3,(H,41,44)/t27-,30-,31-,36-/m1/s1. The molecule has 3 saturated carbocycles. The lowest BCUT2D eigenvalue weighted by Crippen LogP contribution is -2.64. The van der Waals surface area contributed by atoms with E-state index in [-0.39, 0.29) is 41.0 Å². The maximum absolute atomic E-state index is 13.9. The molecule has 47 heavy (non-hydrogen) atoms. The van der Waals surface area contributed by atoms with Crippen LogP contribution in [0.5, 0.6) is 0 Å². The first kappa shape index (κ1) is 32.5. The molecule has 0 spiro atoms. The molecule has 1 amide bonds.